The largest absolute Gasteiger partial charge is 0.444 e. The van der Waals surface area contributed by atoms with E-state index in [0.717, 1.165) is 16.9 Å². The lowest BCUT2D eigenvalue weighted by atomic mass is 9.86. The molecule has 0 atom stereocenters. The van der Waals surface area contributed by atoms with Crippen LogP contribution < -0.4 is 0 Å². The average Bonchev–Trinajstić information content (AvgIpc) is 3.17. The standard InChI is InChI=1S/C28H40F2N4O3/c1-26(2,3)24-31-21-17-20(7-8-22(21)34(24)18-19-9-11-28(29,30)12-10-19)23(35)32-13-15-33(16-14-32)25(36)37-27(4,5)6/h7-8,17,19H,9-16,18H2,1-6H3. The molecule has 2 fully saturated rings. The summed E-state index contributed by atoms with van der Waals surface area (Å²) in [6.45, 7) is 14.1. The van der Waals surface area contributed by atoms with Crippen LogP contribution in [-0.2, 0) is 16.7 Å². The van der Waals surface area contributed by atoms with E-state index in [1.807, 2.05) is 39.0 Å². The molecule has 0 unspecified atom stereocenters. The van der Waals surface area contributed by atoms with Crippen molar-refractivity contribution in [1.29, 1.82) is 0 Å². The highest BCUT2D eigenvalue weighted by Gasteiger charge is 2.36. The van der Waals surface area contributed by atoms with E-state index in [2.05, 4.69) is 25.3 Å². The number of fused-ring (bicyclic) bond motifs is 1. The first-order valence-corrected chi connectivity index (χ1v) is 13.3. The lowest BCUT2D eigenvalue weighted by Crippen LogP contribution is -2.51. The second-order valence-corrected chi connectivity index (χ2v) is 12.6. The summed E-state index contributed by atoms with van der Waals surface area (Å²) in [4.78, 5) is 34.0. The van der Waals surface area contributed by atoms with Gasteiger partial charge in [-0.25, -0.2) is 18.6 Å². The Bertz CT molecular complexity index is 1140. The number of rotatable bonds is 3. The molecule has 1 saturated carbocycles. The van der Waals surface area contributed by atoms with Crippen molar-refractivity contribution in [3.8, 4) is 0 Å². The van der Waals surface area contributed by atoms with Crippen molar-refractivity contribution in [3.63, 3.8) is 0 Å². The van der Waals surface area contributed by atoms with Crippen LogP contribution in [0.5, 0.6) is 0 Å². The molecule has 1 aromatic carbocycles. The number of halogens is 2. The number of hydrogen-bond acceptors (Lipinski definition) is 4. The highest BCUT2D eigenvalue weighted by molar-refractivity contribution is 5.97. The zero-order valence-electron chi connectivity index (χ0n) is 22.9. The van der Waals surface area contributed by atoms with E-state index in [-0.39, 0.29) is 36.2 Å². The van der Waals surface area contributed by atoms with Crippen LogP contribution in [0.15, 0.2) is 18.2 Å². The van der Waals surface area contributed by atoms with Crippen molar-refractivity contribution in [3.05, 3.63) is 29.6 Å². The van der Waals surface area contributed by atoms with E-state index in [0.29, 0.717) is 51.1 Å². The third-order valence-electron chi connectivity index (χ3n) is 7.16. The molecule has 2 aromatic rings. The van der Waals surface area contributed by atoms with E-state index in [9.17, 15) is 18.4 Å². The molecule has 0 N–H and O–H groups in total. The first-order valence-electron chi connectivity index (χ1n) is 13.3. The molecule has 1 aliphatic carbocycles. The van der Waals surface area contributed by atoms with Gasteiger partial charge in [-0.15, -0.1) is 0 Å². The second kappa shape index (κ2) is 9.87. The Morgan fingerprint density at radius 1 is 1.00 bits per heavy atom. The van der Waals surface area contributed by atoms with Gasteiger partial charge in [-0.05, 0) is 57.7 Å². The van der Waals surface area contributed by atoms with Gasteiger partial charge in [0.15, 0.2) is 0 Å². The van der Waals surface area contributed by atoms with Crippen LogP contribution in [0.4, 0.5) is 13.6 Å². The first kappa shape index (κ1) is 27.3. The first-order chi connectivity index (χ1) is 17.1. The van der Waals surface area contributed by atoms with Gasteiger partial charge in [0.1, 0.15) is 11.4 Å². The fraction of sp³-hybridized carbons (Fsp3) is 0.679. The third-order valence-corrected chi connectivity index (χ3v) is 7.16. The van der Waals surface area contributed by atoms with Gasteiger partial charge in [-0.3, -0.25) is 4.79 Å². The summed E-state index contributed by atoms with van der Waals surface area (Å²) in [7, 11) is 0. The van der Waals surface area contributed by atoms with Crippen LogP contribution in [0, 0.1) is 5.92 Å². The molecular formula is C28H40F2N4O3. The topological polar surface area (TPSA) is 67.7 Å². The molecule has 1 aromatic heterocycles. The van der Waals surface area contributed by atoms with Crippen molar-refractivity contribution in [2.24, 2.45) is 5.92 Å². The number of imidazole rings is 1. The smallest absolute Gasteiger partial charge is 0.410 e. The van der Waals surface area contributed by atoms with Gasteiger partial charge in [0.2, 0.25) is 5.92 Å². The summed E-state index contributed by atoms with van der Waals surface area (Å²) in [5.41, 5.74) is 1.43. The Morgan fingerprint density at radius 2 is 1.59 bits per heavy atom. The number of aromatic nitrogens is 2. The van der Waals surface area contributed by atoms with Crippen LogP contribution in [0.2, 0.25) is 0 Å². The zero-order chi connectivity index (χ0) is 27.2. The van der Waals surface area contributed by atoms with E-state index < -0.39 is 11.5 Å². The maximum absolute atomic E-state index is 13.7. The van der Waals surface area contributed by atoms with Crippen LogP contribution in [0.1, 0.15) is 83.4 Å². The molecule has 7 nitrogen and oxygen atoms in total. The number of piperazine rings is 1. The zero-order valence-corrected chi connectivity index (χ0v) is 22.9. The average molecular weight is 519 g/mol. The van der Waals surface area contributed by atoms with Crippen molar-refractivity contribution in [2.45, 2.75) is 90.7 Å². The second-order valence-electron chi connectivity index (χ2n) is 12.6. The summed E-state index contributed by atoms with van der Waals surface area (Å²) in [5, 5.41) is 0. The minimum Gasteiger partial charge on any atom is -0.444 e. The molecule has 2 aliphatic rings. The van der Waals surface area contributed by atoms with Crippen LogP contribution >= 0.6 is 0 Å². The number of amides is 2. The predicted molar refractivity (Wildman–Crippen MR) is 139 cm³/mol. The van der Waals surface area contributed by atoms with E-state index >= 15 is 0 Å². The van der Waals surface area contributed by atoms with Crippen molar-refractivity contribution < 1.29 is 23.1 Å². The number of carbonyl (C=O) groups excluding carboxylic acids is 2. The Labute approximate surface area is 218 Å². The maximum Gasteiger partial charge on any atom is 0.410 e. The van der Waals surface area contributed by atoms with Crippen LogP contribution in [0.3, 0.4) is 0 Å². The lowest BCUT2D eigenvalue weighted by Gasteiger charge is -2.35. The number of benzene rings is 1. The summed E-state index contributed by atoms with van der Waals surface area (Å²) in [5.74, 6) is -1.56. The Morgan fingerprint density at radius 3 is 2.16 bits per heavy atom. The predicted octanol–water partition coefficient (Wildman–Crippen LogP) is 5.85. The molecule has 2 heterocycles. The van der Waals surface area contributed by atoms with Crippen LogP contribution in [-0.4, -0.2) is 69.1 Å². The van der Waals surface area contributed by atoms with Gasteiger partial charge in [0.05, 0.1) is 11.0 Å². The summed E-state index contributed by atoms with van der Waals surface area (Å²) < 4.78 is 35.0. The number of nitrogens with zero attached hydrogens (tertiary/aromatic N) is 4. The van der Waals surface area contributed by atoms with E-state index in [4.69, 9.17) is 9.72 Å². The lowest BCUT2D eigenvalue weighted by molar-refractivity contribution is -0.0473. The van der Waals surface area contributed by atoms with Crippen LogP contribution in [0.25, 0.3) is 11.0 Å². The van der Waals surface area contributed by atoms with Gasteiger partial charge in [-0.1, -0.05) is 20.8 Å². The van der Waals surface area contributed by atoms with Gasteiger partial charge in [0.25, 0.3) is 5.91 Å². The molecule has 0 bridgehead atoms. The minimum atomic E-state index is -2.55. The Balaban J connectivity index is 1.50. The molecular weight excluding hydrogens is 478 g/mol. The number of carbonyl (C=O) groups is 2. The molecule has 1 aliphatic heterocycles. The van der Waals surface area contributed by atoms with Crippen molar-refractivity contribution in [1.82, 2.24) is 19.4 Å². The highest BCUT2D eigenvalue weighted by atomic mass is 19.3. The maximum atomic E-state index is 13.7. The van der Waals surface area contributed by atoms with Gasteiger partial charge >= 0.3 is 6.09 Å². The van der Waals surface area contributed by atoms with Gasteiger partial charge < -0.3 is 19.1 Å². The normalized spacial score (nSPS) is 19.4. The van der Waals surface area contributed by atoms with Crippen molar-refractivity contribution >= 4 is 23.0 Å². The summed E-state index contributed by atoms with van der Waals surface area (Å²) in [6.07, 6.45) is 0.525. The molecule has 0 spiro atoms. The molecule has 37 heavy (non-hydrogen) atoms. The molecule has 1 saturated heterocycles. The fourth-order valence-corrected chi connectivity index (χ4v) is 5.16. The fourth-order valence-electron chi connectivity index (χ4n) is 5.16. The molecule has 4 rings (SSSR count). The number of ether oxygens (including phenoxy) is 1. The number of alkyl halides is 2. The minimum absolute atomic E-state index is 0.0605. The Hall–Kier alpha value is -2.71. The molecule has 0 radical (unpaired) electrons. The van der Waals surface area contributed by atoms with Gasteiger partial charge in [0, 0.05) is 56.5 Å². The van der Waals surface area contributed by atoms with Crippen molar-refractivity contribution in [2.75, 3.05) is 26.2 Å². The summed E-state index contributed by atoms with van der Waals surface area (Å²) in [6, 6.07) is 5.59. The molecule has 9 heteroatoms. The van der Waals surface area contributed by atoms with Gasteiger partial charge in [-0.2, -0.15) is 0 Å². The highest BCUT2D eigenvalue weighted by Crippen LogP contribution is 2.38. The quantitative estimate of drug-likeness (QED) is 0.511. The SMILES string of the molecule is CC(C)(C)OC(=O)N1CCN(C(=O)c2ccc3c(c2)nc(C(C)(C)C)n3CC2CCC(F)(F)CC2)CC1. The molecule has 2 amide bonds. The molecule has 204 valence electrons. The Kier molecular flexibility index (Phi) is 7.29. The van der Waals surface area contributed by atoms with E-state index in [1.54, 1.807) is 9.80 Å². The monoisotopic (exact) mass is 518 g/mol. The number of hydrogen-bond donors (Lipinski definition) is 0. The third kappa shape index (κ3) is 6.41. The summed E-state index contributed by atoms with van der Waals surface area (Å²) >= 11 is 0. The van der Waals surface area contributed by atoms with E-state index in [1.165, 1.54) is 0 Å².